The first kappa shape index (κ1) is 25.7. The van der Waals surface area contributed by atoms with Crippen LogP contribution in [0.15, 0.2) is 36.7 Å². The summed E-state index contributed by atoms with van der Waals surface area (Å²) >= 11 is 0. The number of cyclic esters (lactones) is 1. The summed E-state index contributed by atoms with van der Waals surface area (Å²) in [7, 11) is 1.71. The Morgan fingerprint density at radius 3 is 2.77 bits per heavy atom. The van der Waals surface area contributed by atoms with Crippen molar-refractivity contribution >= 4 is 45.2 Å². The standard InChI is InChI=1S/C27H29FN8O4/c1-14-10-36(11-15(2)31-14)22-5-4-19(25(37)32-17-6-16-12-35(3)34-23(16)21(28)7-17)24-20(22)9-29-26(33-24)39-13-18-8-30-27(38)40-18/h4-7,9,12,14-15,18,31H,8,10-11,13H2,1-3H3,(H,30,38)(H,32,37)/t14-,15+,18?. The van der Waals surface area contributed by atoms with Crippen LogP contribution in [-0.2, 0) is 11.8 Å². The lowest BCUT2D eigenvalue weighted by atomic mass is 10.0. The number of ether oxygens (including phenoxy) is 2. The second-order valence-electron chi connectivity index (χ2n) is 10.3. The molecule has 3 N–H and O–H groups in total. The van der Waals surface area contributed by atoms with Crippen LogP contribution in [0, 0.1) is 5.82 Å². The van der Waals surface area contributed by atoms with E-state index in [-0.39, 0.29) is 35.8 Å². The Kier molecular flexibility index (Phi) is 6.58. The first-order valence-electron chi connectivity index (χ1n) is 13.1. The van der Waals surface area contributed by atoms with Gasteiger partial charge in [-0.3, -0.25) is 9.48 Å². The number of piperazine rings is 1. The lowest BCUT2D eigenvalue weighted by Gasteiger charge is -2.38. The number of halogens is 1. The predicted molar refractivity (Wildman–Crippen MR) is 146 cm³/mol. The Hall–Kier alpha value is -4.52. The molecule has 3 atom stereocenters. The van der Waals surface area contributed by atoms with Gasteiger partial charge in [0.2, 0.25) is 0 Å². The molecule has 12 nitrogen and oxygen atoms in total. The smallest absolute Gasteiger partial charge is 0.407 e. The highest BCUT2D eigenvalue weighted by Gasteiger charge is 2.26. The molecular weight excluding hydrogens is 519 g/mol. The SMILES string of the molecule is C[C@@H]1CN(c2ccc(C(=O)Nc3cc(F)c4nn(C)cc4c3)c3nc(OCC4CNC(=O)O4)ncc23)C[C@H](C)N1. The van der Waals surface area contributed by atoms with E-state index in [9.17, 15) is 14.0 Å². The van der Waals surface area contributed by atoms with Gasteiger partial charge < -0.3 is 30.3 Å². The van der Waals surface area contributed by atoms with Crippen LogP contribution in [0.4, 0.5) is 20.6 Å². The number of alkyl carbamates (subject to hydrolysis) is 1. The molecule has 2 fully saturated rings. The fraction of sp³-hybridized carbons (Fsp3) is 0.370. The number of aryl methyl sites for hydroxylation is 1. The average molecular weight is 549 g/mol. The normalized spacial score (nSPS) is 20.9. The van der Waals surface area contributed by atoms with E-state index in [2.05, 4.69) is 49.8 Å². The number of carbonyl (C=O) groups is 2. The molecule has 6 rings (SSSR count). The van der Waals surface area contributed by atoms with E-state index in [1.165, 1.54) is 10.7 Å². The van der Waals surface area contributed by atoms with E-state index < -0.39 is 23.9 Å². The number of hydrogen-bond acceptors (Lipinski definition) is 9. The maximum atomic E-state index is 14.7. The molecule has 208 valence electrons. The number of nitrogens with one attached hydrogen (secondary N) is 3. The Morgan fingerprint density at radius 1 is 1.23 bits per heavy atom. The van der Waals surface area contributed by atoms with E-state index in [0.29, 0.717) is 28.5 Å². The van der Waals surface area contributed by atoms with Gasteiger partial charge in [-0.1, -0.05) is 0 Å². The van der Waals surface area contributed by atoms with E-state index in [1.54, 1.807) is 31.6 Å². The van der Waals surface area contributed by atoms with Crippen molar-refractivity contribution in [2.45, 2.75) is 32.0 Å². The van der Waals surface area contributed by atoms with Gasteiger partial charge in [0.05, 0.1) is 17.6 Å². The number of aromatic nitrogens is 4. The van der Waals surface area contributed by atoms with Gasteiger partial charge in [0.15, 0.2) is 11.9 Å². The zero-order valence-electron chi connectivity index (χ0n) is 22.3. The van der Waals surface area contributed by atoms with Gasteiger partial charge in [0.1, 0.15) is 12.1 Å². The van der Waals surface area contributed by atoms with Gasteiger partial charge in [-0.05, 0) is 38.1 Å². The number of anilines is 2. The Bertz CT molecular complexity index is 1620. The average Bonchev–Trinajstić information content (AvgIpc) is 3.50. The number of benzene rings is 2. The number of amides is 2. The third kappa shape index (κ3) is 5.07. The molecule has 2 saturated heterocycles. The lowest BCUT2D eigenvalue weighted by Crippen LogP contribution is -2.54. The first-order chi connectivity index (χ1) is 19.2. The van der Waals surface area contributed by atoms with Gasteiger partial charge in [0, 0.05) is 66.8 Å². The molecule has 0 saturated carbocycles. The minimum Gasteiger partial charge on any atom is -0.459 e. The summed E-state index contributed by atoms with van der Waals surface area (Å²) in [5.41, 5.74) is 2.10. The lowest BCUT2D eigenvalue weighted by molar-refractivity contribution is 0.100. The fourth-order valence-electron chi connectivity index (χ4n) is 5.32. The van der Waals surface area contributed by atoms with Crippen molar-refractivity contribution in [3.63, 3.8) is 0 Å². The van der Waals surface area contributed by atoms with Crippen LogP contribution >= 0.6 is 0 Å². The van der Waals surface area contributed by atoms with E-state index in [1.807, 2.05) is 6.07 Å². The summed E-state index contributed by atoms with van der Waals surface area (Å²) in [6.07, 6.45) is 2.35. The van der Waals surface area contributed by atoms with Crippen molar-refractivity contribution < 1.29 is 23.5 Å². The van der Waals surface area contributed by atoms with Crippen molar-refractivity contribution in [2.75, 3.05) is 36.5 Å². The van der Waals surface area contributed by atoms with Crippen LogP contribution in [0.1, 0.15) is 24.2 Å². The maximum Gasteiger partial charge on any atom is 0.407 e. The molecule has 1 unspecified atom stereocenters. The second-order valence-corrected chi connectivity index (χ2v) is 10.3. The van der Waals surface area contributed by atoms with Crippen LogP contribution in [0.3, 0.4) is 0 Å². The maximum absolute atomic E-state index is 14.7. The van der Waals surface area contributed by atoms with Crippen molar-refractivity contribution in [1.29, 1.82) is 0 Å². The highest BCUT2D eigenvalue weighted by molar-refractivity contribution is 6.14. The number of nitrogens with zero attached hydrogens (tertiary/aromatic N) is 5. The molecule has 2 aromatic carbocycles. The summed E-state index contributed by atoms with van der Waals surface area (Å²) in [5.74, 6) is -0.990. The number of fused-ring (bicyclic) bond motifs is 2. The molecule has 13 heteroatoms. The highest BCUT2D eigenvalue weighted by Crippen LogP contribution is 2.31. The fourth-order valence-corrected chi connectivity index (χ4v) is 5.32. The third-order valence-corrected chi connectivity index (χ3v) is 6.93. The summed E-state index contributed by atoms with van der Waals surface area (Å²) in [6, 6.07) is 7.10. The second kappa shape index (κ2) is 10.2. The van der Waals surface area contributed by atoms with Gasteiger partial charge in [-0.2, -0.15) is 10.1 Å². The molecule has 4 heterocycles. The Labute approximate surface area is 228 Å². The summed E-state index contributed by atoms with van der Waals surface area (Å²) < 4.78 is 27.0. The number of hydrogen-bond donors (Lipinski definition) is 3. The molecule has 2 aliphatic rings. The van der Waals surface area contributed by atoms with E-state index in [4.69, 9.17) is 9.47 Å². The molecule has 2 aliphatic heterocycles. The molecule has 4 aromatic rings. The van der Waals surface area contributed by atoms with Gasteiger partial charge in [0.25, 0.3) is 5.91 Å². The molecule has 0 radical (unpaired) electrons. The van der Waals surface area contributed by atoms with Crippen LogP contribution in [0.25, 0.3) is 21.8 Å². The quantitative estimate of drug-likeness (QED) is 0.332. The summed E-state index contributed by atoms with van der Waals surface area (Å²) in [4.78, 5) is 36.1. The molecule has 40 heavy (non-hydrogen) atoms. The van der Waals surface area contributed by atoms with Crippen LogP contribution in [-0.4, -0.2) is 76.2 Å². The van der Waals surface area contributed by atoms with Crippen LogP contribution in [0.2, 0.25) is 0 Å². The van der Waals surface area contributed by atoms with Gasteiger partial charge >= 0.3 is 12.1 Å². The van der Waals surface area contributed by atoms with E-state index in [0.717, 1.165) is 18.8 Å². The minimum atomic E-state index is -0.532. The highest BCUT2D eigenvalue weighted by atomic mass is 19.1. The predicted octanol–water partition coefficient (Wildman–Crippen LogP) is 2.58. The monoisotopic (exact) mass is 548 g/mol. The largest absolute Gasteiger partial charge is 0.459 e. The Balaban J connectivity index is 1.35. The number of carbonyl (C=O) groups excluding carboxylic acids is 2. The topological polar surface area (TPSA) is 136 Å². The van der Waals surface area contributed by atoms with Crippen molar-refractivity contribution in [3.8, 4) is 6.01 Å². The van der Waals surface area contributed by atoms with Crippen LogP contribution in [0.5, 0.6) is 6.01 Å². The van der Waals surface area contributed by atoms with Crippen molar-refractivity contribution in [1.82, 2.24) is 30.4 Å². The van der Waals surface area contributed by atoms with Gasteiger partial charge in [-0.25, -0.2) is 14.2 Å². The first-order valence-corrected chi connectivity index (χ1v) is 13.1. The van der Waals surface area contributed by atoms with Crippen molar-refractivity contribution in [3.05, 3.63) is 48.0 Å². The zero-order chi connectivity index (χ0) is 28.0. The third-order valence-electron chi connectivity index (χ3n) is 6.93. The summed E-state index contributed by atoms with van der Waals surface area (Å²) in [6.45, 7) is 6.17. The molecule has 2 aromatic heterocycles. The zero-order valence-corrected chi connectivity index (χ0v) is 22.3. The molecule has 0 spiro atoms. The summed E-state index contributed by atoms with van der Waals surface area (Å²) in [5, 5.41) is 14.3. The Morgan fingerprint density at radius 2 is 2.02 bits per heavy atom. The minimum absolute atomic E-state index is 0.0477. The van der Waals surface area contributed by atoms with Crippen molar-refractivity contribution in [2.24, 2.45) is 7.05 Å². The molecular formula is C27H29FN8O4. The van der Waals surface area contributed by atoms with E-state index >= 15 is 0 Å². The van der Waals surface area contributed by atoms with Gasteiger partial charge in [-0.15, -0.1) is 0 Å². The molecule has 2 amide bonds. The van der Waals surface area contributed by atoms with Crippen LogP contribution < -0.4 is 25.6 Å². The molecule has 0 aliphatic carbocycles. The number of rotatable bonds is 6. The molecule has 0 bridgehead atoms.